The van der Waals surface area contributed by atoms with Gasteiger partial charge in [-0.15, -0.1) is 11.8 Å². The minimum Gasteiger partial charge on any atom is -0.452 e. The van der Waals surface area contributed by atoms with Crippen molar-refractivity contribution in [2.24, 2.45) is 5.92 Å². The lowest BCUT2D eigenvalue weighted by atomic mass is 10.2. The summed E-state index contributed by atoms with van der Waals surface area (Å²) in [6.45, 7) is 4.19. The highest BCUT2D eigenvalue weighted by Gasteiger charge is 2.17. The molecule has 0 saturated carbocycles. The van der Waals surface area contributed by atoms with Crippen molar-refractivity contribution in [3.05, 3.63) is 23.8 Å². The highest BCUT2D eigenvalue weighted by molar-refractivity contribution is 7.99. The summed E-state index contributed by atoms with van der Waals surface area (Å²) >= 11 is 1.56. The number of rotatable bonds is 5. The maximum atomic E-state index is 12.0. The van der Waals surface area contributed by atoms with Crippen LogP contribution < -0.4 is 10.6 Å². The fraction of sp³-hybridized carbons (Fsp3) is 0.438. The Bertz CT molecular complexity index is 616. The number of carbonyl (C=O) groups is 3. The van der Waals surface area contributed by atoms with Crippen molar-refractivity contribution in [1.82, 2.24) is 5.32 Å². The minimum atomic E-state index is -0.587. The Labute approximate surface area is 139 Å². The van der Waals surface area contributed by atoms with Crippen LogP contribution in [0.25, 0.3) is 0 Å². The standard InChI is InChI=1S/C16H20N2O4S/c1-10(2)8-17-15(20)9-22-16(21)11-3-4-13-12(7-11)18-14(19)5-6-23-13/h3-4,7,10H,5-6,8-9H2,1-2H3,(H,17,20)(H,18,19). The van der Waals surface area contributed by atoms with Crippen molar-refractivity contribution in [3.8, 4) is 0 Å². The predicted octanol–water partition coefficient (Wildman–Crippen LogP) is 2.05. The zero-order valence-corrected chi connectivity index (χ0v) is 14.0. The van der Waals surface area contributed by atoms with Gasteiger partial charge in [0, 0.05) is 23.6 Å². The van der Waals surface area contributed by atoms with E-state index in [2.05, 4.69) is 10.6 Å². The average Bonchev–Trinajstić information content (AvgIpc) is 2.70. The molecular formula is C16H20N2O4S. The second-order valence-electron chi connectivity index (χ2n) is 5.63. The summed E-state index contributed by atoms with van der Waals surface area (Å²) in [5.74, 6) is 0.0513. The molecule has 0 aliphatic carbocycles. The van der Waals surface area contributed by atoms with Crippen molar-refractivity contribution < 1.29 is 19.1 Å². The third-order valence-electron chi connectivity index (χ3n) is 3.12. The summed E-state index contributed by atoms with van der Waals surface area (Å²) in [7, 11) is 0. The maximum Gasteiger partial charge on any atom is 0.338 e. The van der Waals surface area contributed by atoms with Gasteiger partial charge in [-0.3, -0.25) is 9.59 Å². The molecule has 0 radical (unpaired) electrons. The number of thioether (sulfide) groups is 1. The van der Waals surface area contributed by atoms with Gasteiger partial charge in [0.1, 0.15) is 0 Å². The summed E-state index contributed by atoms with van der Waals surface area (Å²) in [4.78, 5) is 36.1. The number of benzene rings is 1. The van der Waals surface area contributed by atoms with E-state index in [1.54, 1.807) is 30.0 Å². The number of hydrogen-bond donors (Lipinski definition) is 2. The molecule has 0 atom stereocenters. The molecule has 0 unspecified atom stereocenters. The number of carbonyl (C=O) groups excluding carboxylic acids is 3. The molecule has 2 rings (SSSR count). The Morgan fingerprint density at radius 2 is 2.17 bits per heavy atom. The molecule has 1 heterocycles. The fourth-order valence-corrected chi connectivity index (χ4v) is 2.87. The molecule has 0 bridgehead atoms. The van der Waals surface area contributed by atoms with Crippen molar-refractivity contribution in [1.29, 1.82) is 0 Å². The van der Waals surface area contributed by atoms with Crippen molar-refractivity contribution >= 4 is 35.2 Å². The topological polar surface area (TPSA) is 84.5 Å². The lowest BCUT2D eigenvalue weighted by Crippen LogP contribution is -2.31. The van der Waals surface area contributed by atoms with Gasteiger partial charge >= 0.3 is 5.97 Å². The highest BCUT2D eigenvalue weighted by atomic mass is 32.2. The van der Waals surface area contributed by atoms with Gasteiger partial charge in [-0.05, 0) is 24.1 Å². The Kier molecular flexibility index (Phi) is 6.04. The first-order valence-electron chi connectivity index (χ1n) is 7.46. The van der Waals surface area contributed by atoms with Crippen LogP contribution >= 0.6 is 11.8 Å². The summed E-state index contributed by atoms with van der Waals surface area (Å²) in [5.41, 5.74) is 0.916. The SMILES string of the molecule is CC(C)CNC(=O)COC(=O)c1ccc2c(c1)NC(=O)CCS2. The number of amides is 2. The first-order valence-corrected chi connectivity index (χ1v) is 8.45. The fourth-order valence-electron chi connectivity index (χ4n) is 1.93. The number of ether oxygens (including phenoxy) is 1. The first-order chi connectivity index (χ1) is 11.0. The van der Waals surface area contributed by atoms with E-state index in [1.165, 1.54) is 0 Å². The third kappa shape index (κ3) is 5.28. The Balaban J connectivity index is 1.95. The van der Waals surface area contributed by atoms with Crippen LogP contribution in [-0.2, 0) is 14.3 Å². The molecule has 2 N–H and O–H groups in total. The van der Waals surface area contributed by atoms with Gasteiger partial charge in [-0.25, -0.2) is 4.79 Å². The van der Waals surface area contributed by atoms with Crippen LogP contribution in [0.3, 0.4) is 0 Å². The minimum absolute atomic E-state index is 0.0742. The third-order valence-corrected chi connectivity index (χ3v) is 4.19. The van der Waals surface area contributed by atoms with Crippen LogP contribution in [0.4, 0.5) is 5.69 Å². The van der Waals surface area contributed by atoms with Gasteiger partial charge in [-0.2, -0.15) is 0 Å². The Morgan fingerprint density at radius 1 is 1.39 bits per heavy atom. The van der Waals surface area contributed by atoms with E-state index in [4.69, 9.17) is 4.74 Å². The molecule has 0 spiro atoms. The second-order valence-corrected chi connectivity index (χ2v) is 6.77. The second kappa shape index (κ2) is 8.01. The monoisotopic (exact) mass is 336 g/mol. The molecule has 1 aliphatic heterocycles. The summed E-state index contributed by atoms with van der Waals surface area (Å²) < 4.78 is 5.00. The molecule has 1 aliphatic rings. The van der Waals surface area contributed by atoms with E-state index < -0.39 is 5.97 Å². The zero-order chi connectivity index (χ0) is 16.8. The highest BCUT2D eigenvalue weighted by Crippen LogP contribution is 2.31. The number of esters is 1. The molecule has 1 aromatic rings. The Hall–Kier alpha value is -2.02. The molecule has 0 fully saturated rings. The van der Waals surface area contributed by atoms with Gasteiger partial charge < -0.3 is 15.4 Å². The molecule has 1 aromatic carbocycles. The van der Waals surface area contributed by atoms with Gasteiger partial charge in [-0.1, -0.05) is 13.8 Å². The van der Waals surface area contributed by atoms with E-state index in [0.29, 0.717) is 35.9 Å². The number of hydrogen-bond acceptors (Lipinski definition) is 5. The average molecular weight is 336 g/mol. The molecule has 7 heteroatoms. The number of nitrogens with one attached hydrogen (secondary N) is 2. The van der Waals surface area contributed by atoms with Crippen molar-refractivity contribution in [2.45, 2.75) is 25.2 Å². The lowest BCUT2D eigenvalue weighted by molar-refractivity contribution is -0.124. The Morgan fingerprint density at radius 3 is 2.91 bits per heavy atom. The van der Waals surface area contributed by atoms with E-state index in [1.807, 2.05) is 13.8 Å². The van der Waals surface area contributed by atoms with Crippen LogP contribution in [0.5, 0.6) is 0 Å². The molecule has 0 saturated heterocycles. The van der Waals surface area contributed by atoms with E-state index >= 15 is 0 Å². The molecule has 0 aromatic heterocycles. The van der Waals surface area contributed by atoms with Gasteiger partial charge in [0.25, 0.3) is 5.91 Å². The van der Waals surface area contributed by atoms with Crippen LogP contribution in [-0.4, -0.2) is 36.7 Å². The maximum absolute atomic E-state index is 12.0. The van der Waals surface area contributed by atoms with Crippen LogP contribution in [0.2, 0.25) is 0 Å². The van der Waals surface area contributed by atoms with Crippen molar-refractivity contribution in [2.75, 3.05) is 24.2 Å². The number of anilines is 1. The first kappa shape index (κ1) is 17.3. The van der Waals surface area contributed by atoms with Crippen molar-refractivity contribution in [3.63, 3.8) is 0 Å². The molecule has 124 valence electrons. The van der Waals surface area contributed by atoms with Crippen LogP contribution in [0.1, 0.15) is 30.6 Å². The summed E-state index contributed by atoms with van der Waals surface area (Å²) in [5, 5.41) is 5.44. The smallest absolute Gasteiger partial charge is 0.338 e. The largest absolute Gasteiger partial charge is 0.452 e. The van der Waals surface area contributed by atoms with E-state index in [-0.39, 0.29) is 18.4 Å². The summed E-state index contributed by atoms with van der Waals surface area (Å²) in [6.07, 6.45) is 0.440. The quantitative estimate of drug-likeness (QED) is 0.804. The van der Waals surface area contributed by atoms with Crippen LogP contribution in [0.15, 0.2) is 23.1 Å². The normalized spacial score (nSPS) is 13.8. The van der Waals surface area contributed by atoms with Crippen LogP contribution in [0, 0.1) is 5.92 Å². The van der Waals surface area contributed by atoms with E-state index in [0.717, 1.165) is 4.90 Å². The number of fused-ring (bicyclic) bond motifs is 1. The van der Waals surface area contributed by atoms with Gasteiger partial charge in [0.15, 0.2) is 6.61 Å². The molecule has 6 nitrogen and oxygen atoms in total. The molecular weight excluding hydrogens is 316 g/mol. The van der Waals surface area contributed by atoms with Gasteiger partial charge in [0.2, 0.25) is 5.91 Å². The van der Waals surface area contributed by atoms with E-state index in [9.17, 15) is 14.4 Å². The summed E-state index contributed by atoms with van der Waals surface area (Å²) in [6, 6.07) is 5.00. The molecule has 23 heavy (non-hydrogen) atoms. The van der Waals surface area contributed by atoms with Gasteiger partial charge in [0.05, 0.1) is 11.3 Å². The zero-order valence-electron chi connectivity index (χ0n) is 13.2. The predicted molar refractivity (Wildman–Crippen MR) is 88.5 cm³/mol. The lowest BCUT2D eigenvalue weighted by Gasteiger charge is -2.10. The molecule has 2 amide bonds.